The molecule has 6 nitrogen and oxygen atoms in total. The highest BCUT2D eigenvalue weighted by molar-refractivity contribution is 5.88. The standard InChI is InChI=1S/C17H25N3O3/c1-12(2)10-17(22)20-8-6-15(7-9-20)23-16-5-4-14(11-18-16)19-13(3)21/h4-5,11-12,15H,6-10H2,1-3H3,(H,19,21). The second-order valence-electron chi connectivity index (χ2n) is 6.36. The molecule has 1 N–H and O–H groups in total. The topological polar surface area (TPSA) is 71.5 Å². The molecule has 1 aromatic heterocycles. The Morgan fingerprint density at radius 1 is 1.35 bits per heavy atom. The molecule has 126 valence electrons. The number of hydrogen-bond acceptors (Lipinski definition) is 4. The Balaban J connectivity index is 1.80. The number of carbonyl (C=O) groups excluding carboxylic acids is 2. The van der Waals surface area contributed by atoms with Crippen molar-refractivity contribution in [3.8, 4) is 5.88 Å². The van der Waals surface area contributed by atoms with Gasteiger partial charge in [-0.3, -0.25) is 9.59 Å². The summed E-state index contributed by atoms with van der Waals surface area (Å²) in [5.41, 5.74) is 0.652. The normalized spacial score (nSPS) is 15.6. The van der Waals surface area contributed by atoms with Crippen LogP contribution < -0.4 is 10.1 Å². The average Bonchev–Trinajstić information content (AvgIpc) is 2.49. The molecule has 2 rings (SSSR count). The Labute approximate surface area is 137 Å². The molecule has 6 heteroatoms. The lowest BCUT2D eigenvalue weighted by Gasteiger charge is -2.32. The molecule has 1 aromatic rings. The summed E-state index contributed by atoms with van der Waals surface area (Å²) in [7, 11) is 0. The third-order valence-electron chi connectivity index (χ3n) is 3.72. The number of likely N-dealkylation sites (tertiary alicyclic amines) is 1. The molecule has 1 saturated heterocycles. The molecule has 0 saturated carbocycles. The van der Waals surface area contributed by atoms with Crippen LogP contribution in [0.3, 0.4) is 0 Å². The van der Waals surface area contributed by atoms with Crippen molar-refractivity contribution in [1.82, 2.24) is 9.88 Å². The quantitative estimate of drug-likeness (QED) is 0.905. The van der Waals surface area contributed by atoms with Gasteiger partial charge >= 0.3 is 0 Å². The van der Waals surface area contributed by atoms with E-state index in [9.17, 15) is 9.59 Å². The minimum Gasteiger partial charge on any atom is -0.474 e. The minimum atomic E-state index is -0.126. The van der Waals surface area contributed by atoms with Crippen LogP contribution in [0.5, 0.6) is 5.88 Å². The summed E-state index contributed by atoms with van der Waals surface area (Å²) in [5, 5.41) is 2.67. The molecular formula is C17H25N3O3. The molecule has 1 aliphatic heterocycles. The van der Waals surface area contributed by atoms with Crippen LogP contribution in [-0.4, -0.2) is 40.9 Å². The van der Waals surface area contributed by atoms with Crippen LogP contribution >= 0.6 is 0 Å². The van der Waals surface area contributed by atoms with E-state index in [0.717, 1.165) is 25.9 Å². The van der Waals surface area contributed by atoms with Crippen molar-refractivity contribution >= 4 is 17.5 Å². The highest BCUT2D eigenvalue weighted by Crippen LogP contribution is 2.19. The molecule has 0 unspecified atom stereocenters. The van der Waals surface area contributed by atoms with Gasteiger partial charge in [0.05, 0.1) is 11.9 Å². The van der Waals surface area contributed by atoms with Crippen molar-refractivity contribution in [3.63, 3.8) is 0 Å². The number of anilines is 1. The van der Waals surface area contributed by atoms with Gasteiger partial charge in [0.2, 0.25) is 17.7 Å². The number of aromatic nitrogens is 1. The molecule has 23 heavy (non-hydrogen) atoms. The molecule has 0 aromatic carbocycles. The number of piperidine rings is 1. The number of hydrogen-bond donors (Lipinski definition) is 1. The van der Waals surface area contributed by atoms with Gasteiger partial charge in [0.25, 0.3) is 0 Å². The Morgan fingerprint density at radius 3 is 2.57 bits per heavy atom. The predicted octanol–water partition coefficient (Wildman–Crippen LogP) is 2.46. The number of ether oxygens (including phenoxy) is 1. The number of amides is 2. The van der Waals surface area contributed by atoms with Crippen molar-refractivity contribution in [2.75, 3.05) is 18.4 Å². The van der Waals surface area contributed by atoms with Gasteiger partial charge in [0.15, 0.2) is 0 Å². The molecule has 2 amide bonds. The fourth-order valence-electron chi connectivity index (χ4n) is 2.60. The van der Waals surface area contributed by atoms with E-state index in [0.29, 0.717) is 23.9 Å². The van der Waals surface area contributed by atoms with Gasteiger partial charge in [-0.25, -0.2) is 4.98 Å². The second kappa shape index (κ2) is 7.94. The zero-order valence-electron chi connectivity index (χ0n) is 14.0. The van der Waals surface area contributed by atoms with Crippen molar-refractivity contribution < 1.29 is 14.3 Å². The highest BCUT2D eigenvalue weighted by Gasteiger charge is 2.24. The number of rotatable bonds is 5. The van der Waals surface area contributed by atoms with Crippen LogP contribution in [0.25, 0.3) is 0 Å². The number of nitrogens with zero attached hydrogens (tertiary/aromatic N) is 2. The number of carbonyl (C=O) groups is 2. The molecule has 1 fully saturated rings. The van der Waals surface area contributed by atoms with E-state index in [-0.39, 0.29) is 17.9 Å². The fourth-order valence-corrected chi connectivity index (χ4v) is 2.60. The van der Waals surface area contributed by atoms with Crippen LogP contribution in [0.4, 0.5) is 5.69 Å². The molecule has 0 aliphatic carbocycles. The first kappa shape index (κ1) is 17.2. The largest absolute Gasteiger partial charge is 0.474 e. The molecule has 0 spiro atoms. The Kier molecular flexibility index (Phi) is 5.96. The van der Waals surface area contributed by atoms with E-state index in [4.69, 9.17) is 4.74 Å². The smallest absolute Gasteiger partial charge is 0.222 e. The maximum atomic E-state index is 12.0. The van der Waals surface area contributed by atoms with Crippen LogP contribution in [0.15, 0.2) is 18.3 Å². The molecule has 0 radical (unpaired) electrons. The monoisotopic (exact) mass is 319 g/mol. The lowest BCUT2D eigenvalue weighted by Crippen LogP contribution is -2.42. The number of nitrogens with one attached hydrogen (secondary N) is 1. The molecule has 2 heterocycles. The van der Waals surface area contributed by atoms with Crippen LogP contribution in [0.2, 0.25) is 0 Å². The maximum Gasteiger partial charge on any atom is 0.222 e. The third kappa shape index (κ3) is 5.54. The zero-order valence-corrected chi connectivity index (χ0v) is 14.0. The summed E-state index contributed by atoms with van der Waals surface area (Å²) in [6.45, 7) is 7.05. The summed E-state index contributed by atoms with van der Waals surface area (Å²) >= 11 is 0. The van der Waals surface area contributed by atoms with Gasteiger partial charge in [-0.05, 0) is 12.0 Å². The van der Waals surface area contributed by atoms with Gasteiger partial charge in [0.1, 0.15) is 6.10 Å². The van der Waals surface area contributed by atoms with Crippen LogP contribution in [-0.2, 0) is 9.59 Å². The van der Waals surface area contributed by atoms with Crippen molar-refractivity contribution in [2.45, 2.75) is 46.1 Å². The lowest BCUT2D eigenvalue weighted by atomic mass is 10.1. The van der Waals surface area contributed by atoms with E-state index in [1.165, 1.54) is 6.92 Å². The van der Waals surface area contributed by atoms with Crippen molar-refractivity contribution in [1.29, 1.82) is 0 Å². The Morgan fingerprint density at radius 2 is 2.04 bits per heavy atom. The molecule has 0 atom stereocenters. The fraction of sp³-hybridized carbons (Fsp3) is 0.588. The first-order valence-electron chi connectivity index (χ1n) is 8.12. The van der Waals surface area contributed by atoms with Gasteiger partial charge in [-0.15, -0.1) is 0 Å². The van der Waals surface area contributed by atoms with E-state index < -0.39 is 0 Å². The molecular weight excluding hydrogens is 294 g/mol. The third-order valence-corrected chi connectivity index (χ3v) is 3.72. The minimum absolute atomic E-state index is 0.0808. The summed E-state index contributed by atoms with van der Waals surface area (Å²) < 4.78 is 5.86. The first-order valence-corrected chi connectivity index (χ1v) is 8.12. The first-order chi connectivity index (χ1) is 10.9. The van der Waals surface area contributed by atoms with Crippen LogP contribution in [0, 0.1) is 5.92 Å². The van der Waals surface area contributed by atoms with Gasteiger partial charge < -0.3 is 15.0 Å². The predicted molar refractivity (Wildman–Crippen MR) is 88.2 cm³/mol. The SMILES string of the molecule is CC(=O)Nc1ccc(OC2CCN(C(=O)CC(C)C)CC2)nc1. The zero-order chi connectivity index (χ0) is 16.8. The Bertz CT molecular complexity index is 535. The average molecular weight is 319 g/mol. The van der Waals surface area contributed by atoms with Gasteiger partial charge in [-0.2, -0.15) is 0 Å². The maximum absolute atomic E-state index is 12.0. The molecule has 0 bridgehead atoms. The molecule has 1 aliphatic rings. The van der Waals surface area contributed by atoms with Gasteiger partial charge in [0, 0.05) is 45.3 Å². The van der Waals surface area contributed by atoms with Crippen molar-refractivity contribution in [3.05, 3.63) is 18.3 Å². The van der Waals surface area contributed by atoms with E-state index >= 15 is 0 Å². The summed E-state index contributed by atoms with van der Waals surface area (Å²) in [6, 6.07) is 3.52. The van der Waals surface area contributed by atoms with Crippen LogP contribution in [0.1, 0.15) is 40.0 Å². The van der Waals surface area contributed by atoms with Crippen molar-refractivity contribution in [2.24, 2.45) is 5.92 Å². The summed E-state index contributed by atoms with van der Waals surface area (Å²) in [4.78, 5) is 29.1. The van der Waals surface area contributed by atoms with Gasteiger partial charge in [-0.1, -0.05) is 13.8 Å². The number of pyridine rings is 1. The summed E-state index contributed by atoms with van der Waals surface area (Å²) in [6.07, 6.45) is 3.91. The van der Waals surface area contributed by atoms with E-state index in [1.54, 1.807) is 18.3 Å². The second-order valence-corrected chi connectivity index (χ2v) is 6.36. The Hall–Kier alpha value is -2.11. The van der Waals surface area contributed by atoms with E-state index in [1.807, 2.05) is 4.90 Å². The lowest BCUT2D eigenvalue weighted by molar-refractivity contribution is -0.133. The summed E-state index contributed by atoms with van der Waals surface area (Å²) in [5.74, 6) is 1.05. The highest BCUT2D eigenvalue weighted by atomic mass is 16.5. The van der Waals surface area contributed by atoms with E-state index in [2.05, 4.69) is 24.1 Å².